The van der Waals surface area contributed by atoms with Crippen LogP contribution in [0.1, 0.15) is 19.8 Å². The molecule has 0 aliphatic carbocycles. The van der Waals surface area contributed by atoms with Crippen molar-refractivity contribution in [2.24, 2.45) is 0 Å². The molecule has 4 N–H and O–H groups in total. The number of nitrogens with one attached hydrogen (secondary N) is 4. The van der Waals surface area contributed by atoms with Crippen LogP contribution < -0.4 is 16.3 Å². The largest absolute Gasteiger partial charge is 0.362 e. The predicted octanol–water partition coefficient (Wildman–Crippen LogP) is 2.71. The van der Waals surface area contributed by atoms with E-state index in [1.807, 2.05) is 12.1 Å². The van der Waals surface area contributed by atoms with Crippen molar-refractivity contribution in [1.82, 2.24) is 15.3 Å². The smallest absolute Gasteiger partial charge is 0.323 e. The van der Waals surface area contributed by atoms with Gasteiger partial charge in [-0.1, -0.05) is 13.3 Å². The van der Waals surface area contributed by atoms with Crippen LogP contribution in [0.25, 0.3) is 11.0 Å². The fourth-order valence-corrected chi connectivity index (χ4v) is 2.35. The summed E-state index contributed by atoms with van der Waals surface area (Å²) in [6.45, 7) is 2.98. The van der Waals surface area contributed by atoms with Gasteiger partial charge in [-0.2, -0.15) is 0 Å². The summed E-state index contributed by atoms with van der Waals surface area (Å²) in [5.74, 6) is 0. The van der Waals surface area contributed by atoms with Crippen molar-refractivity contribution >= 4 is 50.0 Å². The van der Waals surface area contributed by atoms with Gasteiger partial charge in [-0.25, -0.2) is 4.79 Å². The topological polar surface area (TPSA) is 72.7 Å². The SMILES string of the molecule is CCCCNC(=S)Nc1cc2[nH]c(=O)[nH]c2cc1Br. The molecule has 2 rings (SSSR count). The maximum absolute atomic E-state index is 11.2. The maximum atomic E-state index is 11.2. The molecule has 0 atom stereocenters. The number of unbranched alkanes of at least 4 members (excludes halogenated alkanes) is 1. The summed E-state index contributed by atoms with van der Waals surface area (Å²) < 4.78 is 0.842. The number of rotatable bonds is 4. The van der Waals surface area contributed by atoms with E-state index in [0.717, 1.165) is 40.6 Å². The van der Waals surface area contributed by atoms with Gasteiger partial charge in [0.05, 0.1) is 16.7 Å². The van der Waals surface area contributed by atoms with Crippen LogP contribution in [0.4, 0.5) is 5.69 Å². The van der Waals surface area contributed by atoms with Crippen molar-refractivity contribution in [2.75, 3.05) is 11.9 Å². The number of imidazole rings is 1. The maximum Gasteiger partial charge on any atom is 0.323 e. The van der Waals surface area contributed by atoms with Gasteiger partial charge < -0.3 is 20.6 Å². The minimum Gasteiger partial charge on any atom is -0.362 e. The summed E-state index contributed by atoms with van der Waals surface area (Å²) in [7, 11) is 0. The molecule has 0 saturated carbocycles. The van der Waals surface area contributed by atoms with Gasteiger partial charge in [-0.05, 0) is 46.7 Å². The van der Waals surface area contributed by atoms with E-state index in [-0.39, 0.29) is 5.69 Å². The van der Waals surface area contributed by atoms with Crippen LogP contribution in [0.3, 0.4) is 0 Å². The molecular weight excluding hydrogens is 328 g/mol. The number of hydrogen-bond donors (Lipinski definition) is 4. The summed E-state index contributed by atoms with van der Waals surface area (Å²) in [6, 6.07) is 3.68. The molecule has 0 aliphatic rings. The first kappa shape index (κ1) is 14.1. The van der Waals surface area contributed by atoms with Crippen LogP contribution in [-0.4, -0.2) is 21.6 Å². The van der Waals surface area contributed by atoms with Crippen molar-refractivity contribution < 1.29 is 0 Å². The minimum absolute atomic E-state index is 0.220. The molecule has 0 radical (unpaired) electrons. The normalized spacial score (nSPS) is 10.6. The Labute approximate surface area is 124 Å². The number of aromatic nitrogens is 2. The summed E-state index contributed by atoms with van der Waals surface area (Å²) >= 11 is 8.67. The standard InChI is InChI=1S/C12H15BrN4OS/c1-2-3-4-14-12(19)17-8-6-10-9(5-7(8)13)15-11(18)16-10/h5-6H,2-4H2,1H3,(H2,14,17,19)(H2,15,16,18). The van der Waals surface area contributed by atoms with Crippen LogP contribution in [0.5, 0.6) is 0 Å². The molecule has 2 aromatic rings. The Balaban J connectivity index is 2.13. The molecule has 102 valence electrons. The van der Waals surface area contributed by atoms with E-state index < -0.39 is 0 Å². The molecule has 1 aromatic heterocycles. The Morgan fingerprint density at radius 1 is 1.37 bits per heavy atom. The molecule has 1 aromatic carbocycles. The molecule has 7 heteroatoms. The first-order valence-electron chi connectivity index (χ1n) is 6.06. The number of benzene rings is 1. The van der Waals surface area contributed by atoms with Gasteiger partial charge in [0.2, 0.25) is 0 Å². The highest BCUT2D eigenvalue weighted by molar-refractivity contribution is 9.10. The third-order valence-electron chi connectivity index (χ3n) is 2.67. The highest BCUT2D eigenvalue weighted by Crippen LogP contribution is 2.26. The van der Waals surface area contributed by atoms with Crippen molar-refractivity contribution in [2.45, 2.75) is 19.8 Å². The fraction of sp³-hybridized carbons (Fsp3) is 0.333. The Hall–Kier alpha value is -1.34. The lowest BCUT2D eigenvalue weighted by Gasteiger charge is -2.11. The molecule has 0 unspecified atom stereocenters. The first-order valence-corrected chi connectivity index (χ1v) is 7.26. The van der Waals surface area contributed by atoms with Crippen molar-refractivity contribution in [1.29, 1.82) is 0 Å². The molecule has 1 heterocycles. The number of fused-ring (bicyclic) bond motifs is 1. The molecule has 0 amide bonds. The Bertz CT molecular complexity index is 649. The Morgan fingerprint density at radius 2 is 2.05 bits per heavy atom. The number of H-pyrrole nitrogens is 2. The van der Waals surface area contributed by atoms with Gasteiger partial charge in [0, 0.05) is 11.0 Å². The molecule has 5 nitrogen and oxygen atoms in total. The van der Waals surface area contributed by atoms with E-state index in [2.05, 4.69) is 43.5 Å². The van der Waals surface area contributed by atoms with E-state index in [0.29, 0.717) is 5.11 Å². The van der Waals surface area contributed by atoms with Crippen molar-refractivity contribution in [3.63, 3.8) is 0 Å². The quantitative estimate of drug-likeness (QED) is 0.509. The van der Waals surface area contributed by atoms with Crippen LogP contribution in [0.15, 0.2) is 21.4 Å². The van der Waals surface area contributed by atoms with E-state index in [1.54, 1.807) is 0 Å². The first-order chi connectivity index (χ1) is 9.10. The van der Waals surface area contributed by atoms with Gasteiger partial charge in [-0.3, -0.25) is 0 Å². The third kappa shape index (κ3) is 3.57. The van der Waals surface area contributed by atoms with Crippen molar-refractivity contribution in [3.8, 4) is 0 Å². The second kappa shape index (κ2) is 6.21. The van der Waals surface area contributed by atoms with Gasteiger partial charge >= 0.3 is 5.69 Å². The number of aromatic amines is 2. The minimum atomic E-state index is -0.220. The van der Waals surface area contributed by atoms with Gasteiger partial charge in [0.15, 0.2) is 5.11 Å². The molecule has 0 aliphatic heterocycles. The summed E-state index contributed by atoms with van der Waals surface area (Å²) in [5.41, 5.74) is 2.10. The number of thiocarbonyl (C=S) groups is 1. The van der Waals surface area contributed by atoms with Gasteiger partial charge in [-0.15, -0.1) is 0 Å². The van der Waals surface area contributed by atoms with E-state index in [4.69, 9.17) is 12.2 Å². The Kier molecular flexibility index (Phi) is 4.60. The zero-order chi connectivity index (χ0) is 13.8. The lowest BCUT2D eigenvalue weighted by Crippen LogP contribution is -2.29. The fourth-order valence-electron chi connectivity index (χ4n) is 1.70. The van der Waals surface area contributed by atoms with E-state index in [9.17, 15) is 4.79 Å². The highest BCUT2D eigenvalue weighted by Gasteiger charge is 2.06. The number of anilines is 1. The molecule has 0 fully saturated rings. The second-order valence-electron chi connectivity index (χ2n) is 4.19. The highest BCUT2D eigenvalue weighted by atomic mass is 79.9. The Morgan fingerprint density at radius 3 is 2.74 bits per heavy atom. The molecule has 0 saturated heterocycles. The average Bonchev–Trinajstić information content (AvgIpc) is 2.69. The van der Waals surface area contributed by atoms with Crippen LogP contribution in [0, 0.1) is 0 Å². The van der Waals surface area contributed by atoms with Crippen LogP contribution in [-0.2, 0) is 0 Å². The lowest BCUT2D eigenvalue weighted by molar-refractivity contribution is 0.758. The predicted molar refractivity (Wildman–Crippen MR) is 85.8 cm³/mol. The third-order valence-corrected chi connectivity index (χ3v) is 3.57. The number of hydrogen-bond acceptors (Lipinski definition) is 2. The summed E-state index contributed by atoms with van der Waals surface area (Å²) in [5, 5.41) is 6.82. The van der Waals surface area contributed by atoms with E-state index >= 15 is 0 Å². The van der Waals surface area contributed by atoms with Gasteiger partial charge in [0.25, 0.3) is 0 Å². The lowest BCUT2D eigenvalue weighted by atomic mass is 10.3. The molecule has 0 bridgehead atoms. The molecule has 0 spiro atoms. The van der Waals surface area contributed by atoms with Crippen LogP contribution >= 0.6 is 28.1 Å². The molecule has 19 heavy (non-hydrogen) atoms. The number of halogens is 1. The average molecular weight is 343 g/mol. The van der Waals surface area contributed by atoms with E-state index in [1.165, 1.54) is 0 Å². The summed E-state index contributed by atoms with van der Waals surface area (Å²) in [6.07, 6.45) is 2.20. The monoisotopic (exact) mass is 342 g/mol. The second-order valence-corrected chi connectivity index (χ2v) is 5.45. The zero-order valence-electron chi connectivity index (χ0n) is 10.5. The van der Waals surface area contributed by atoms with Gasteiger partial charge in [0.1, 0.15) is 0 Å². The molecular formula is C12H15BrN4OS. The van der Waals surface area contributed by atoms with Crippen molar-refractivity contribution in [3.05, 3.63) is 27.1 Å². The summed E-state index contributed by atoms with van der Waals surface area (Å²) in [4.78, 5) is 16.6. The van der Waals surface area contributed by atoms with Crippen LogP contribution in [0.2, 0.25) is 0 Å². The zero-order valence-corrected chi connectivity index (χ0v) is 12.9.